The van der Waals surface area contributed by atoms with Gasteiger partial charge in [0.1, 0.15) is 0 Å². The van der Waals surface area contributed by atoms with Gasteiger partial charge in [0, 0.05) is 12.6 Å². The molecule has 4 heteroatoms. The molecule has 0 fully saturated rings. The second kappa shape index (κ2) is 8.12. The highest BCUT2D eigenvalue weighted by Crippen LogP contribution is 2.10. The highest BCUT2D eigenvalue weighted by Gasteiger charge is 2.19. The predicted molar refractivity (Wildman–Crippen MR) is 61.6 cm³/mol. The van der Waals surface area contributed by atoms with Gasteiger partial charge in [-0.3, -0.25) is 4.79 Å². The zero-order valence-corrected chi connectivity index (χ0v) is 10.1. The molecule has 3 nitrogen and oxygen atoms in total. The third kappa shape index (κ3) is 4.33. The molecular weight excluding hydrogens is 198 g/mol. The van der Waals surface area contributed by atoms with Crippen molar-refractivity contribution in [3.05, 3.63) is 0 Å². The van der Waals surface area contributed by atoms with E-state index >= 15 is 0 Å². The van der Waals surface area contributed by atoms with Crippen LogP contribution in [0.15, 0.2) is 0 Å². The Kier molecular flexibility index (Phi) is 7.99. The Bertz CT molecular complexity index is 160. The number of amides is 1. The maximum atomic E-state index is 11.7. The number of thioether (sulfide) groups is 1. The fourth-order valence-electron chi connectivity index (χ4n) is 1.55. The minimum atomic E-state index is 0.0522. The highest BCUT2D eigenvalue weighted by atomic mass is 32.2. The van der Waals surface area contributed by atoms with Crippen LogP contribution in [0, 0.1) is 0 Å². The molecule has 1 N–H and O–H groups in total. The van der Waals surface area contributed by atoms with Crippen LogP contribution < -0.4 is 0 Å². The molecule has 0 atom stereocenters. The standard InChI is InChI=1S/C10H21NO2S/c1-4-9(5-2)11(6-7-12)10(13)8-14-3/h9,12H,4-8H2,1-3H3. The van der Waals surface area contributed by atoms with Crippen LogP contribution in [0.25, 0.3) is 0 Å². The summed E-state index contributed by atoms with van der Waals surface area (Å²) in [6.45, 7) is 4.66. The molecule has 0 aliphatic heterocycles. The molecule has 0 aliphatic rings. The summed E-state index contributed by atoms with van der Waals surface area (Å²) in [5.74, 6) is 0.650. The summed E-state index contributed by atoms with van der Waals surface area (Å²) in [7, 11) is 0. The summed E-state index contributed by atoms with van der Waals surface area (Å²) in [5.41, 5.74) is 0. The van der Waals surface area contributed by atoms with E-state index in [2.05, 4.69) is 13.8 Å². The van der Waals surface area contributed by atoms with Gasteiger partial charge >= 0.3 is 0 Å². The topological polar surface area (TPSA) is 40.5 Å². The predicted octanol–water partition coefficient (Wildman–Crippen LogP) is 1.36. The molecule has 1 amide bonds. The Hall–Kier alpha value is -0.220. The first-order valence-electron chi connectivity index (χ1n) is 5.10. The lowest BCUT2D eigenvalue weighted by molar-refractivity contribution is -0.131. The SMILES string of the molecule is CCC(CC)N(CCO)C(=O)CSC. The monoisotopic (exact) mass is 219 g/mol. The Morgan fingerprint density at radius 3 is 2.36 bits per heavy atom. The number of carbonyl (C=O) groups is 1. The summed E-state index contributed by atoms with van der Waals surface area (Å²) in [4.78, 5) is 13.5. The normalized spacial score (nSPS) is 10.6. The minimum Gasteiger partial charge on any atom is -0.395 e. The number of hydrogen-bond donors (Lipinski definition) is 1. The van der Waals surface area contributed by atoms with Crippen LogP contribution in [-0.4, -0.2) is 47.1 Å². The molecule has 0 aromatic heterocycles. The van der Waals surface area contributed by atoms with Crippen molar-refractivity contribution in [2.24, 2.45) is 0 Å². The molecule has 0 radical (unpaired) electrons. The minimum absolute atomic E-state index is 0.0522. The fraction of sp³-hybridized carbons (Fsp3) is 0.900. The number of hydrogen-bond acceptors (Lipinski definition) is 3. The third-order valence-electron chi connectivity index (χ3n) is 2.31. The molecule has 0 saturated heterocycles. The number of nitrogens with zero attached hydrogens (tertiary/aromatic N) is 1. The summed E-state index contributed by atoms with van der Waals surface area (Å²) < 4.78 is 0. The quantitative estimate of drug-likeness (QED) is 0.703. The van der Waals surface area contributed by atoms with Gasteiger partial charge in [0.15, 0.2) is 0 Å². The average Bonchev–Trinajstić information content (AvgIpc) is 2.18. The first kappa shape index (κ1) is 13.8. The molecule has 0 aromatic carbocycles. The van der Waals surface area contributed by atoms with E-state index in [-0.39, 0.29) is 18.6 Å². The lowest BCUT2D eigenvalue weighted by atomic mass is 10.1. The van der Waals surface area contributed by atoms with Crippen LogP contribution in [0.3, 0.4) is 0 Å². The second-order valence-corrected chi connectivity index (χ2v) is 4.08. The van der Waals surface area contributed by atoms with Gasteiger partial charge in [0.05, 0.1) is 12.4 Å². The molecule has 0 heterocycles. The van der Waals surface area contributed by atoms with Crippen molar-refractivity contribution in [1.29, 1.82) is 0 Å². The maximum Gasteiger partial charge on any atom is 0.232 e. The molecule has 0 unspecified atom stereocenters. The van der Waals surface area contributed by atoms with Gasteiger partial charge in [-0.15, -0.1) is 0 Å². The lowest BCUT2D eigenvalue weighted by Gasteiger charge is -2.29. The van der Waals surface area contributed by atoms with E-state index in [4.69, 9.17) is 5.11 Å². The summed E-state index contributed by atoms with van der Waals surface area (Å²) >= 11 is 1.53. The molecule has 84 valence electrons. The van der Waals surface area contributed by atoms with E-state index < -0.39 is 0 Å². The summed E-state index contributed by atoms with van der Waals surface area (Å²) in [6, 6.07) is 0.279. The Morgan fingerprint density at radius 1 is 1.43 bits per heavy atom. The molecule has 0 aliphatic carbocycles. The largest absolute Gasteiger partial charge is 0.395 e. The maximum absolute atomic E-state index is 11.7. The van der Waals surface area contributed by atoms with Crippen molar-refractivity contribution >= 4 is 17.7 Å². The molecular formula is C10H21NO2S. The summed E-state index contributed by atoms with van der Waals surface area (Å²) in [5, 5.41) is 8.89. The first-order valence-corrected chi connectivity index (χ1v) is 6.49. The molecule has 0 saturated carbocycles. The van der Waals surface area contributed by atoms with Crippen molar-refractivity contribution in [2.45, 2.75) is 32.7 Å². The second-order valence-electron chi connectivity index (χ2n) is 3.21. The van der Waals surface area contributed by atoms with E-state index in [1.807, 2.05) is 6.26 Å². The van der Waals surface area contributed by atoms with Crippen LogP contribution in [0.1, 0.15) is 26.7 Å². The Labute approximate surface area is 90.9 Å². The Morgan fingerprint density at radius 2 is 2.00 bits per heavy atom. The van der Waals surface area contributed by atoms with E-state index in [1.54, 1.807) is 4.90 Å². The van der Waals surface area contributed by atoms with E-state index in [0.717, 1.165) is 12.8 Å². The van der Waals surface area contributed by atoms with Crippen LogP contribution in [0.4, 0.5) is 0 Å². The van der Waals surface area contributed by atoms with Gasteiger partial charge in [0.25, 0.3) is 0 Å². The van der Waals surface area contributed by atoms with E-state index in [1.165, 1.54) is 11.8 Å². The fourth-order valence-corrected chi connectivity index (χ4v) is 1.97. The summed E-state index contributed by atoms with van der Waals surface area (Å²) in [6.07, 6.45) is 3.83. The van der Waals surface area contributed by atoms with Crippen molar-refractivity contribution < 1.29 is 9.90 Å². The smallest absolute Gasteiger partial charge is 0.232 e. The number of carbonyl (C=O) groups excluding carboxylic acids is 1. The molecule has 0 rings (SSSR count). The van der Waals surface area contributed by atoms with Gasteiger partial charge in [-0.25, -0.2) is 0 Å². The molecule has 0 spiro atoms. The zero-order valence-electron chi connectivity index (χ0n) is 9.32. The van der Waals surface area contributed by atoms with Crippen molar-refractivity contribution in [1.82, 2.24) is 4.90 Å². The van der Waals surface area contributed by atoms with Crippen LogP contribution in [0.2, 0.25) is 0 Å². The van der Waals surface area contributed by atoms with Gasteiger partial charge < -0.3 is 10.0 Å². The van der Waals surface area contributed by atoms with Crippen molar-refractivity contribution in [3.8, 4) is 0 Å². The van der Waals surface area contributed by atoms with Gasteiger partial charge in [0.2, 0.25) is 5.91 Å². The zero-order chi connectivity index (χ0) is 11.0. The number of rotatable bonds is 7. The molecule has 14 heavy (non-hydrogen) atoms. The van der Waals surface area contributed by atoms with E-state index in [0.29, 0.717) is 12.3 Å². The Balaban J connectivity index is 4.31. The average molecular weight is 219 g/mol. The first-order chi connectivity index (χ1) is 6.71. The lowest BCUT2D eigenvalue weighted by Crippen LogP contribution is -2.42. The molecule has 0 aromatic rings. The van der Waals surface area contributed by atoms with Gasteiger partial charge in [-0.05, 0) is 19.1 Å². The van der Waals surface area contributed by atoms with Crippen LogP contribution >= 0.6 is 11.8 Å². The molecule has 0 bridgehead atoms. The van der Waals surface area contributed by atoms with Crippen molar-refractivity contribution in [2.75, 3.05) is 25.2 Å². The van der Waals surface area contributed by atoms with Gasteiger partial charge in [-0.1, -0.05) is 13.8 Å². The van der Waals surface area contributed by atoms with Crippen LogP contribution in [0.5, 0.6) is 0 Å². The highest BCUT2D eigenvalue weighted by molar-refractivity contribution is 7.99. The van der Waals surface area contributed by atoms with Gasteiger partial charge in [-0.2, -0.15) is 11.8 Å². The van der Waals surface area contributed by atoms with E-state index in [9.17, 15) is 4.79 Å². The van der Waals surface area contributed by atoms with Crippen LogP contribution in [-0.2, 0) is 4.79 Å². The number of aliphatic hydroxyl groups is 1. The number of aliphatic hydroxyl groups excluding tert-OH is 1. The van der Waals surface area contributed by atoms with Crippen molar-refractivity contribution in [3.63, 3.8) is 0 Å². The third-order valence-corrected chi connectivity index (χ3v) is 2.85.